The van der Waals surface area contributed by atoms with Crippen LogP contribution < -0.4 is 0 Å². The van der Waals surface area contributed by atoms with Gasteiger partial charge in [0.15, 0.2) is 0 Å². The van der Waals surface area contributed by atoms with Crippen LogP contribution in [0.25, 0.3) is 0 Å². The van der Waals surface area contributed by atoms with E-state index in [0.717, 1.165) is 22.2 Å². The zero-order valence-corrected chi connectivity index (χ0v) is 16.0. The molecule has 2 nitrogen and oxygen atoms in total. The molecule has 0 bridgehead atoms. The minimum absolute atomic E-state index is 0.0713. The van der Waals surface area contributed by atoms with E-state index >= 15 is 0 Å². The van der Waals surface area contributed by atoms with Gasteiger partial charge in [-0.1, -0.05) is 45.7 Å². The van der Waals surface area contributed by atoms with Gasteiger partial charge in [-0.15, -0.1) is 0 Å². The standard InChI is InChI=1S/C18H16BrClFNOS/c19-12-5-6-15(20)14(11-12)18(23)22-8-7-17(24-10-9-22)13-3-1-2-4-16(13)21/h1-6,11,17H,7-10H2. The summed E-state index contributed by atoms with van der Waals surface area (Å²) in [6.45, 7) is 1.23. The maximum absolute atomic E-state index is 14.0. The molecule has 1 atom stereocenters. The molecule has 1 saturated heterocycles. The van der Waals surface area contributed by atoms with Crippen molar-refractivity contribution < 1.29 is 9.18 Å². The summed E-state index contributed by atoms with van der Waals surface area (Å²) in [6.07, 6.45) is 0.725. The molecular formula is C18H16BrClFNOS. The van der Waals surface area contributed by atoms with E-state index in [1.807, 2.05) is 23.1 Å². The summed E-state index contributed by atoms with van der Waals surface area (Å²) in [5.74, 6) is 0.525. The summed E-state index contributed by atoms with van der Waals surface area (Å²) in [6, 6.07) is 12.1. The Hall–Kier alpha value is -1.04. The van der Waals surface area contributed by atoms with E-state index in [1.54, 1.807) is 30.0 Å². The zero-order chi connectivity index (χ0) is 17.1. The molecule has 0 radical (unpaired) electrons. The Morgan fingerprint density at radius 2 is 2.04 bits per heavy atom. The van der Waals surface area contributed by atoms with Gasteiger partial charge in [-0.2, -0.15) is 11.8 Å². The molecule has 1 unspecified atom stereocenters. The minimum Gasteiger partial charge on any atom is -0.338 e. The lowest BCUT2D eigenvalue weighted by molar-refractivity contribution is 0.0766. The summed E-state index contributed by atoms with van der Waals surface area (Å²) in [7, 11) is 0. The van der Waals surface area contributed by atoms with E-state index in [4.69, 9.17) is 11.6 Å². The Balaban J connectivity index is 1.75. The molecule has 2 aromatic carbocycles. The number of carbonyl (C=O) groups is 1. The second kappa shape index (κ2) is 7.89. The van der Waals surface area contributed by atoms with Gasteiger partial charge < -0.3 is 4.90 Å². The smallest absolute Gasteiger partial charge is 0.255 e. The first-order valence-corrected chi connectivity index (χ1v) is 9.88. The molecule has 0 N–H and O–H groups in total. The van der Waals surface area contributed by atoms with E-state index in [9.17, 15) is 9.18 Å². The van der Waals surface area contributed by atoms with E-state index in [0.29, 0.717) is 23.7 Å². The topological polar surface area (TPSA) is 20.3 Å². The third-order valence-electron chi connectivity index (χ3n) is 4.04. The highest BCUT2D eigenvalue weighted by molar-refractivity contribution is 9.10. The van der Waals surface area contributed by atoms with E-state index < -0.39 is 0 Å². The Bertz CT molecular complexity index is 758. The maximum atomic E-state index is 14.0. The minimum atomic E-state index is -0.176. The molecule has 2 aromatic rings. The summed E-state index contributed by atoms with van der Waals surface area (Å²) >= 11 is 11.2. The van der Waals surface area contributed by atoms with Crippen molar-refractivity contribution in [3.63, 3.8) is 0 Å². The van der Waals surface area contributed by atoms with Gasteiger partial charge in [-0.3, -0.25) is 4.79 Å². The average Bonchev–Trinajstić information content (AvgIpc) is 2.83. The van der Waals surface area contributed by atoms with Crippen molar-refractivity contribution >= 4 is 45.2 Å². The Morgan fingerprint density at radius 3 is 2.83 bits per heavy atom. The third-order valence-corrected chi connectivity index (χ3v) is 6.17. The van der Waals surface area contributed by atoms with Crippen LogP contribution in [0.5, 0.6) is 0 Å². The number of hydrogen-bond donors (Lipinski definition) is 0. The van der Waals surface area contributed by atoms with Crippen LogP contribution in [-0.4, -0.2) is 29.6 Å². The van der Waals surface area contributed by atoms with Crippen molar-refractivity contribution in [1.29, 1.82) is 0 Å². The number of rotatable bonds is 2. The number of carbonyl (C=O) groups excluding carboxylic acids is 1. The van der Waals surface area contributed by atoms with Crippen LogP contribution in [0.1, 0.15) is 27.6 Å². The van der Waals surface area contributed by atoms with Crippen molar-refractivity contribution in [3.05, 3.63) is 68.9 Å². The molecule has 1 fully saturated rings. The van der Waals surface area contributed by atoms with Crippen LogP contribution in [0.15, 0.2) is 46.9 Å². The van der Waals surface area contributed by atoms with Gasteiger partial charge in [0.2, 0.25) is 0 Å². The van der Waals surface area contributed by atoms with Crippen molar-refractivity contribution in [2.24, 2.45) is 0 Å². The highest BCUT2D eigenvalue weighted by Gasteiger charge is 2.25. The average molecular weight is 429 g/mol. The summed E-state index contributed by atoms with van der Waals surface area (Å²) in [5.41, 5.74) is 1.22. The molecule has 3 rings (SSSR count). The first-order chi connectivity index (χ1) is 11.6. The van der Waals surface area contributed by atoms with Crippen LogP contribution in [0, 0.1) is 5.82 Å². The van der Waals surface area contributed by atoms with Gasteiger partial charge in [-0.05, 0) is 30.7 Å². The van der Waals surface area contributed by atoms with Crippen molar-refractivity contribution in [2.45, 2.75) is 11.7 Å². The number of benzene rings is 2. The lowest BCUT2D eigenvalue weighted by Gasteiger charge is -2.21. The highest BCUT2D eigenvalue weighted by atomic mass is 79.9. The third kappa shape index (κ3) is 3.95. The van der Waals surface area contributed by atoms with Gasteiger partial charge in [-0.25, -0.2) is 4.39 Å². The lowest BCUT2D eigenvalue weighted by Crippen LogP contribution is -2.33. The quantitative estimate of drug-likeness (QED) is 0.624. The zero-order valence-electron chi connectivity index (χ0n) is 12.8. The highest BCUT2D eigenvalue weighted by Crippen LogP contribution is 2.36. The van der Waals surface area contributed by atoms with Crippen LogP contribution in [0.2, 0.25) is 5.02 Å². The molecule has 1 aliphatic rings. The number of hydrogen-bond acceptors (Lipinski definition) is 2. The fourth-order valence-corrected chi connectivity index (χ4v) is 4.60. The second-order valence-corrected chi connectivity index (χ2v) is 8.22. The molecule has 0 aliphatic carbocycles. The number of thioether (sulfide) groups is 1. The van der Waals surface area contributed by atoms with Crippen molar-refractivity contribution in [3.8, 4) is 0 Å². The molecule has 1 heterocycles. The molecule has 0 aromatic heterocycles. The summed E-state index contributed by atoms with van der Waals surface area (Å²) < 4.78 is 14.8. The van der Waals surface area contributed by atoms with Crippen LogP contribution in [-0.2, 0) is 0 Å². The predicted octanol–water partition coefficient (Wildman–Crippen LogP) is 5.56. The fraction of sp³-hybridized carbons (Fsp3) is 0.278. The van der Waals surface area contributed by atoms with E-state index in [-0.39, 0.29) is 17.0 Å². The molecule has 1 aliphatic heterocycles. The summed E-state index contributed by atoms with van der Waals surface area (Å²) in [4.78, 5) is 14.6. The number of halogens is 3. The van der Waals surface area contributed by atoms with Gasteiger partial charge in [0.1, 0.15) is 5.82 Å². The van der Waals surface area contributed by atoms with Gasteiger partial charge in [0.25, 0.3) is 5.91 Å². The molecule has 24 heavy (non-hydrogen) atoms. The Morgan fingerprint density at radius 1 is 1.25 bits per heavy atom. The van der Waals surface area contributed by atoms with Crippen molar-refractivity contribution in [2.75, 3.05) is 18.8 Å². The fourth-order valence-electron chi connectivity index (χ4n) is 2.79. The largest absolute Gasteiger partial charge is 0.338 e. The van der Waals surface area contributed by atoms with Crippen LogP contribution in [0.4, 0.5) is 4.39 Å². The molecule has 126 valence electrons. The Labute approximate surface area is 158 Å². The predicted molar refractivity (Wildman–Crippen MR) is 101 cm³/mol. The Kier molecular flexibility index (Phi) is 5.85. The van der Waals surface area contributed by atoms with Crippen molar-refractivity contribution in [1.82, 2.24) is 4.90 Å². The first-order valence-electron chi connectivity index (χ1n) is 7.66. The first kappa shape index (κ1) is 17.8. The molecule has 0 spiro atoms. The second-order valence-electron chi connectivity index (χ2n) is 5.59. The van der Waals surface area contributed by atoms with Gasteiger partial charge >= 0.3 is 0 Å². The van der Waals surface area contributed by atoms with Crippen LogP contribution >= 0.6 is 39.3 Å². The number of amides is 1. The molecular weight excluding hydrogens is 413 g/mol. The lowest BCUT2D eigenvalue weighted by atomic mass is 10.1. The van der Waals surface area contributed by atoms with Gasteiger partial charge in [0.05, 0.1) is 10.6 Å². The number of nitrogens with zero attached hydrogens (tertiary/aromatic N) is 1. The van der Waals surface area contributed by atoms with E-state index in [1.165, 1.54) is 6.07 Å². The maximum Gasteiger partial charge on any atom is 0.255 e. The van der Waals surface area contributed by atoms with E-state index in [2.05, 4.69) is 15.9 Å². The SMILES string of the molecule is O=C(c1cc(Br)ccc1Cl)N1CCSC(c2ccccc2F)CC1. The normalized spacial score (nSPS) is 18.3. The van der Waals surface area contributed by atoms with Crippen LogP contribution in [0.3, 0.4) is 0 Å². The molecule has 0 saturated carbocycles. The monoisotopic (exact) mass is 427 g/mol. The molecule has 1 amide bonds. The van der Waals surface area contributed by atoms with Gasteiger partial charge in [0, 0.05) is 34.1 Å². The summed E-state index contributed by atoms with van der Waals surface area (Å²) in [5, 5.41) is 0.521. The molecule has 6 heteroatoms.